The maximum atomic E-state index is 12.2. The van der Waals surface area contributed by atoms with Crippen molar-refractivity contribution in [2.45, 2.75) is 26.7 Å². The van der Waals surface area contributed by atoms with E-state index in [0.29, 0.717) is 30.5 Å². The van der Waals surface area contributed by atoms with E-state index in [4.69, 9.17) is 10.5 Å². The number of carbonyl (C=O) groups is 1. The zero-order chi connectivity index (χ0) is 21.1. The third-order valence-corrected chi connectivity index (χ3v) is 5.33. The number of hydrogen-bond acceptors (Lipinski definition) is 8. The first-order chi connectivity index (χ1) is 14.6. The van der Waals surface area contributed by atoms with Crippen LogP contribution in [0.1, 0.15) is 25.5 Å². The zero-order valence-corrected chi connectivity index (χ0v) is 17.3. The number of pyridine rings is 1. The Bertz CT molecular complexity index is 1070. The number of aryl methyl sites for hydroxylation is 1. The Labute approximate surface area is 175 Å². The van der Waals surface area contributed by atoms with Crippen LogP contribution in [0.3, 0.4) is 0 Å². The van der Waals surface area contributed by atoms with Crippen LogP contribution in [-0.4, -0.2) is 40.6 Å². The fraction of sp³-hybridized carbons (Fsp3) is 0.364. The first-order valence-electron chi connectivity index (χ1n) is 10.2. The van der Waals surface area contributed by atoms with Crippen molar-refractivity contribution in [2.75, 3.05) is 35.6 Å². The molecule has 1 fully saturated rings. The highest BCUT2D eigenvalue weighted by molar-refractivity contribution is 5.94. The van der Waals surface area contributed by atoms with Crippen molar-refractivity contribution < 1.29 is 9.53 Å². The summed E-state index contributed by atoms with van der Waals surface area (Å²) in [6.45, 7) is 5.50. The molecule has 0 bridgehead atoms. The maximum Gasteiger partial charge on any atom is 0.310 e. The molecular weight excluding hydrogens is 380 g/mol. The number of nitrogens with zero attached hydrogens (tertiary/aromatic N) is 4. The third-order valence-electron chi connectivity index (χ3n) is 5.33. The van der Waals surface area contributed by atoms with Gasteiger partial charge >= 0.3 is 5.97 Å². The van der Waals surface area contributed by atoms with Gasteiger partial charge in [0.15, 0.2) is 11.6 Å². The number of piperidine rings is 1. The second-order valence-electron chi connectivity index (χ2n) is 7.45. The molecule has 2 aromatic heterocycles. The van der Waals surface area contributed by atoms with E-state index in [1.165, 1.54) is 6.33 Å². The molecule has 1 atom stereocenters. The maximum absolute atomic E-state index is 12.2. The van der Waals surface area contributed by atoms with Gasteiger partial charge in [0.2, 0.25) is 0 Å². The van der Waals surface area contributed by atoms with Gasteiger partial charge < -0.3 is 20.7 Å². The molecule has 156 valence electrons. The Balaban J connectivity index is 1.60. The SMILES string of the molecule is CCOC(=O)C1CCCN(c2ncnc(Nc3cccc4nc(C)ccc34)c2N)C1. The third kappa shape index (κ3) is 3.98. The van der Waals surface area contributed by atoms with Gasteiger partial charge in [0.25, 0.3) is 0 Å². The number of nitrogens with two attached hydrogens (primary N) is 1. The smallest absolute Gasteiger partial charge is 0.310 e. The predicted molar refractivity (Wildman–Crippen MR) is 118 cm³/mol. The summed E-state index contributed by atoms with van der Waals surface area (Å²) >= 11 is 0. The molecule has 3 aromatic rings. The van der Waals surface area contributed by atoms with E-state index >= 15 is 0 Å². The molecule has 8 heteroatoms. The van der Waals surface area contributed by atoms with Crippen molar-refractivity contribution in [3.05, 3.63) is 42.4 Å². The molecule has 0 spiro atoms. The number of nitrogen functional groups attached to an aromatic ring is 1. The fourth-order valence-electron chi connectivity index (χ4n) is 3.85. The molecule has 1 aliphatic heterocycles. The molecule has 1 aliphatic rings. The first-order valence-corrected chi connectivity index (χ1v) is 10.2. The first kappa shape index (κ1) is 19.9. The molecule has 8 nitrogen and oxygen atoms in total. The van der Waals surface area contributed by atoms with Crippen LogP contribution in [0.25, 0.3) is 10.9 Å². The number of rotatable bonds is 5. The Hall–Kier alpha value is -3.42. The average molecular weight is 406 g/mol. The van der Waals surface area contributed by atoms with Gasteiger partial charge in [-0.1, -0.05) is 6.07 Å². The van der Waals surface area contributed by atoms with Crippen molar-refractivity contribution >= 4 is 39.9 Å². The summed E-state index contributed by atoms with van der Waals surface area (Å²) in [4.78, 5) is 27.6. The number of hydrogen-bond donors (Lipinski definition) is 2. The highest BCUT2D eigenvalue weighted by Crippen LogP contribution is 2.33. The van der Waals surface area contributed by atoms with Gasteiger partial charge in [-0.3, -0.25) is 9.78 Å². The van der Waals surface area contributed by atoms with Gasteiger partial charge in [-0.05, 0) is 51.0 Å². The summed E-state index contributed by atoms with van der Waals surface area (Å²) in [6.07, 6.45) is 3.19. The lowest BCUT2D eigenvalue weighted by atomic mass is 9.98. The van der Waals surface area contributed by atoms with Crippen LogP contribution in [0.2, 0.25) is 0 Å². The lowest BCUT2D eigenvalue weighted by Crippen LogP contribution is -2.40. The molecule has 1 aromatic carbocycles. The highest BCUT2D eigenvalue weighted by atomic mass is 16.5. The number of nitrogens with one attached hydrogen (secondary N) is 1. The van der Waals surface area contributed by atoms with Crippen molar-refractivity contribution in [1.82, 2.24) is 15.0 Å². The summed E-state index contributed by atoms with van der Waals surface area (Å²) in [5.41, 5.74) is 9.65. The van der Waals surface area contributed by atoms with Gasteiger partial charge in [0.1, 0.15) is 12.0 Å². The number of carbonyl (C=O) groups excluding carboxylic acids is 1. The van der Waals surface area contributed by atoms with E-state index in [2.05, 4.69) is 20.3 Å². The normalized spacial score (nSPS) is 16.5. The van der Waals surface area contributed by atoms with Crippen LogP contribution in [0.4, 0.5) is 23.0 Å². The molecule has 4 rings (SSSR count). The fourth-order valence-corrected chi connectivity index (χ4v) is 3.85. The summed E-state index contributed by atoms with van der Waals surface area (Å²) < 4.78 is 5.20. The van der Waals surface area contributed by atoms with Crippen molar-refractivity contribution in [1.29, 1.82) is 0 Å². The summed E-state index contributed by atoms with van der Waals surface area (Å²) in [6, 6.07) is 9.91. The zero-order valence-electron chi connectivity index (χ0n) is 17.3. The van der Waals surface area contributed by atoms with E-state index < -0.39 is 0 Å². The van der Waals surface area contributed by atoms with E-state index in [9.17, 15) is 4.79 Å². The summed E-state index contributed by atoms with van der Waals surface area (Å²) in [5.74, 6) is 0.839. The lowest BCUT2D eigenvalue weighted by Gasteiger charge is -2.33. The summed E-state index contributed by atoms with van der Waals surface area (Å²) in [5, 5.41) is 4.32. The molecule has 1 saturated heterocycles. The molecule has 0 aliphatic carbocycles. The number of aromatic nitrogens is 3. The van der Waals surface area contributed by atoms with Gasteiger partial charge in [-0.25, -0.2) is 9.97 Å². The predicted octanol–water partition coefficient (Wildman–Crippen LogP) is 3.44. The number of benzene rings is 1. The van der Waals surface area contributed by atoms with Crippen molar-refractivity contribution in [3.8, 4) is 0 Å². The lowest BCUT2D eigenvalue weighted by molar-refractivity contribution is -0.148. The molecule has 0 saturated carbocycles. The Kier molecular flexibility index (Phi) is 5.65. The van der Waals surface area contributed by atoms with E-state index in [0.717, 1.165) is 41.7 Å². The topological polar surface area (TPSA) is 106 Å². The average Bonchev–Trinajstić information content (AvgIpc) is 2.75. The Morgan fingerprint density at radius 1 is 1.30 bits per heavy atom. The molecule has 3 heterocycles. The van der Waals surface area contributed by atoms with Crippen LogP contribution >= 0.6 is 0 Å². The van der Waals surface area contributed by atoms with Crippen LogP contribution in [0.5, 0.6) is 0 Å². The quantitative estimate of drug-likeness (QED) is 0.621. The van der Waals surface area contributed by atoms with Gasteiger partial charge in [-0.2, -0.15) is 0 Å². The molecule has 30 heavy (non-hydrogen) atoms. The highest BCUT2D eigenvalue weighted by Gasteiger charge is 2.29. The van der Waals surface area contributed by atoms with E-state index in [-0.39, 0.29) is 11.9 Å². The summed E-state index contributed by atoms with van der Waals surface area (Å²) in [7, 11) is 0. The molecule has 0 amide bonds. The molecule has 1 unspecified atom stereocenters. The van der Waals surface area contributed by atoms with Gasteiger partial charge in [0, 0.05) is 29.9 Å². The monoisotopic (exact) mass is 406 g/mol. The second-order valence-corrected chi connectivity index (χ2v) is 7.45. The number of ether oxygens (including phenoxy) is 1. The number of esters is 1. The molecule has 3 N–H and O–H groups in total. The van der Waals surface area contributed by atoms with E-state index in [1.54, 1.807) is 0 Å². The van der Waals surface area contributed by atoms with Crippen LogP contribution in [0.15, 0.2) is 36.7 Å². The van der Waals surface area contributed by atoms with Crippen molar-refractivity contribution in [3.63, 3.8) is 0 Å². The van der Waals surface area contributed by atoms with Gasteiger partial charge in [-0.15, -0.1) is 0 Å². The van der Waals surface area contributed by atoms with Crippen LogP contribution in [0, 0.1) is 12.8 Å². The van der Waals surface area contributed by atoms with Gasteiger partial charge in [0.05, 0.1) is 18.0 Å². The van der Waals surface area contributed by atoms with E-state index in [1.807, 2.05) is 49.1 Å². The minimum Gasteiger partial charge on any atom is -0.466 e. The van der Waals surface area contributed by atoms with Crippen molar-refractivity contribution in [2.24, 2.45) is 5.92 Å². The molecular formula is C22H26N6O2. The molecule has 0 radical (unpaired) electrons. The standard InChI is InChI=1S/C22H26N6O2/c1-3-30-22(29)15-6-5-11-28(12-15)21-19(23)20(24-13-25-21)27-18-8-4-7-17-16(18)10-9-14(2)26-17/h4,7-10,13,15H,3,5-6,11-12,23H2,1-2H3,(H,24,25,27). The minimum absolute atomic E-state index is 0.160. The number of anilines is 4. The Morgan fingerprint density at radius 2 is 2.17 bits per heavy atom. The number of fused-ring (bicyclic) bond motifs is 1. The minimum atomic E-state index is -0.170. The Morgan fingerprint density at radius 3 is 3.00 bits per heavy atom. The second kappa shape index (κ2) is 8.52. The van der Waals surface area contributed by atoms with Crippen LogP contribution in [-0.2, 0) is 9.53 Å². The largest absolute Gasteiger partial charge is 0.466 e. The van der Waals surface area contributed by atoms with Crippen LogP contribution < -0.4 is 16.0 Å².